The fourth-order valence-corrected chi connectivity index (χ4v) is 3.14. The Bertz CT molecular complexity index is 1180. The summed E-state index contributed by atoms with van der Waals surface area (Å²) in [5.74, 6) is -0.289. The second kappa shape index (κ2) is 6.96. The number of benzene rings is 3. The first kappa shape index (κ1) is 17.4. The van der Waals surface area contributed by atoms with Gasteiger partial charge < -0.3 is 10.1 Å². The van der Waals surface area contributed by atoms with Crippen LogP contribution in [0.4, 0.5) is 11.4 Å². The number of aromatic nitrogens is 1. The van der Waals surface area contributed by atoms with Crippen LogP contribution in [0.5, 0.6) is 5.75 Å². The second-order valence-corrected chi connectivity index (χ2v) is 6.12. The Morgan fingerprint density at radius 1 is 1.00 bits per heavy atom. The zero-order valence-corrected chi connectivity index (χ0v) is 14.9. The third kappa shape index (κ3) is 2.99. The lowest BCUT2D eigenvalue weighted by atomic mass is 10.1. The summed E-state index contributed by atoms with van der Waals surface area (Å²) in [7, 11) is 1.37. The number of pyridine rings is 1. The maximum Gasteiger partial charge on any atom is 0.273 e. The minimum Gasteiger partial charge on any atom is -0.496 e. The van der Waals surface area contributed by atoms with Gasteiger partial charge >= 0.3 is 0 Å². The fraction of sp³-hybridized carbons (Fsp3) is 0.0476. The van der Waals surface area contributed by atoms with Crippen LogP contribution in [-0.2, 0) is 0 Å². The van der Waals surface area contributed by atoms with Crippen molar-refractivity contribution in [3.63, 3.8) is 0 Å². The van der Waals surface area contributed by atoms with Crippen molar-refractivity contribution in [2.45, 2.75) is 0 Å². The molecule has 0 radical (unpaired) electrons. The molecular formula is C21H15N3O4. The number of nitro benzene ring substituents is 1. The van der Waals surface area contributed by atoms with Crippen LogP contribution in [0.25, 0.3) is 21.8 Å². The number of carbonyl (C=O) groups is 1. The number of anilines is 1. The zero-order valence-electron chi connectivity index (χ0n) is 14.9. The predicted octanol–water partition coefficient (Wildman–Crippen LogP) is 4.56. The molecule has 0 spiro atoms. The predicted molar refractivity (Wildman–Crippen MR) is 107 cm³/mol. The van der Waals surface area contributed by atoms with E-state index in [9.17, 15) is 14.9 Å². The van der Waals surface area contributed by atoms with Gasteiger partial charge in [-0.3, -0.25) is 14.9 Å². The largest absolute Gasteiger partial charge is 0.496 e. The third-order valence-electron chi connectivity index (χ3n) is 4.47. The Kier molecular flexibility index (Phi) is 4.33. The molecule has 1 heterocycles. The summed E-state index contributed by atoms with van der Waals surface area (Å²) in [4.78, 5) is 28.1. The molecule has 1 N–H and O–H groups in total. The maximum absolute atomic E-state index is 13.0. The van der Waals surface area contributed by atoms with Gasteiger partial charge in [-0.05, 0) is 18.2 Å². The monoisotopic (exact) mass is 373 g/mol. The van der Waals surface area contributed by atoms with Crippen LogP contribution in [0.3, 0.4) is 0 Å². The van der Waals surface area contributed by atoms with Crippen molar-refractivity contribution in [1.29, 1.82) is 0 Å². The molecule has 1 amide bonds. The van der Waals surface area contributed by atoms with Crippen molar-refractivity contribution in [2.75, 3.05) is 12.4 Å². The van der Waals surface area contributed by atoms with E-state index >= 15 is 0 Å². The van der Waals surface area contributed by atoms with Crippen molar-refractivity contribution in [3.8, 4) is 5.75 Å². The number of nitro groups is 1. The Morgan fingerprint density at radius 3 is 2.18 bits per heavy atom. The molecule has 4 aromatic rings. The van der Waals surface area contributed by atoms with Gasteiger partial charge in [0.2, 0.25) is 0 Å². The minimum absolute atomic E-state index is 0.134. The number of carbonyl (C=O) groups excluding carboxylic acids is 1. The first-order valence-corrected chi connectivity index (χ1v) is 8.50. The van der Waals surface area contributed by atoms with Gasteiger partial charge in [0.1, 0.15) is 5.75 Å². The molecule has 0 unspecified atom stereocenters. The van der Waals surface area contributed by atoms with Crippen LogP contribution in [0.1, 0.15) is 10.4 Å². The molecule has 0 saturated heterocycles. The lowest BCUT2D eigenvalue weighted by molar-refractivity contribution is -0.384. The summed E-state index contributed by atoms with van der Waals surface area (Å²) in [5, 5.41) is 15.5. The van der Waals surface area contributed by atoms with Crippen LogP contribution >= 0.6 is 0 Å². The summed E-state index contributed by atoms with van der Waals surface area (Å²) in [6, 6.07) is 18.9. The summed E-state index contributed by atoms with van der Waals surface area (Å²) >= 11 is 0. The molecule has 0 fully saturated rings. The molecule has 138 valence electrons. The molecule has 0 bridgehead atoms. The van der Waals surface area contributed by atoms with Gasteiger partial charge in [0, 0.05) is 16.8 Å². The lowest BCUT2D eigenvalue weighted by Crippen LogP contribution is -2.14. The molecular weight excluding hydrogens is 358 g/mol. The van der Waals surface area contributed by atoms with Gasteiger partial charge in [-0.15, -0.1) is 0 Å². The summed E-state index contributed by atoms with van der Waals surface area (Å²) in [6.45, 7) is 0. The number of hydrogen-bond donors (Lipinski definition) is 1. The number of methoxy groups -OCH3 is 1. The Hall–Kier alpha value is -4.00. The van der Waals surface area contributed by atoms with Crippen molar-refractivity contribution < 1.29 is 14.5 Å². The third-order valence-corrected chi connectivity index (χ3v) is 4.47. The van der Waals surface area contributed by atoms with Gasteiger partial charge in [-0.1, -0.05) is 36.4 Å². The van der Waals surface area contributed by atoms with Gasteiger partial charge in [-0.2, -0.15) is 0 Å². The number of non-ortho nitro benzene ring substituents is 1. The van der Waals surface area contributed by atoms with E-state index < -0.39 is 10.8 Å². The average Bonchev–Trinajstić information content (AvgIpc) is 2.72. The van der Waals surface area contributed by atoms with Crippen LogP contribution in [-0.4, -0.2) is 22.9 Å². The molecule has 28 heavy (non-hydrogen) atoms. The van der Waals surface area contributed by atoms with Crippen LogP contribution < -0.4 is 10.1 Å². The smallest absolute Gasteiger partial charge is 0.273 e. The first-order chi connectivity index (χ1) is 13.6. The average molecular weight is 373 g/mol. The van der Waals surface area contributed by atoms with Gasteiger partial charge in [0.05, 0.1) is 40.4 Å². The molecule has 4 rings (SSSR count). The minimum atomic E-state index is -0.534. The Morgan fingerprint density at radius 2 is 1.61 bits per heavy atom. The number of nitrogens with zero attached hydrogens (tertiary/aromatic N) is 2. The SMILES string of the molecule is COc1cc([N+](=O)[O-])ccc1C(=O)Nc1c2ccccc2nc2ccccc12. The summed E-state index contributed by atoms with van der Waals surface area (Å²) in [6.07, 6.45) is 0. The number of rotatable bonds is 4. The standard InChI is InChI=1S/C21H15N3O4/c1-28-19-12-13(24(26)27)10-11-16(19)21(25)23-20-14-6-2-4-8-17(14)22-18-9-5-3-7-15(18)20/h2-12H,1H3,(H,22,23,25). The quantitative estimate of drug-likeness (QED) is 0.321. The van der Waals surface area contributed by atoms with E-state index in [0.29, 0.717) is 5.69 Å². The number of nitrogens with one attached hydrogen (secondary N) is 1. The van der Waals surface area contributed by atoms with E-state index in [1.165, 1.54) is 25.3 Å². The van der Waals surface area contributed by atoms with Crippen LogP contribution in [0.15, 0.2) is 66.7 Å². The van der Waals surface area contributed by atoms with Crippen molar-refractivity contribution in [2.24, 2.45) is 0 Å². The molecule has 0 saturated carbocycles. The Labute approximate surface area is 159 Å². The second-order valence-electron chi connectivity index (χ2n) is 6.12. The number of hydrogen-bond acceptors (Lipinski definition) is 5. The highest BCUT2D eigenvalue weighted by Gasteiger charge is 2.19. The van der Waals surface area contributed by atoms with Crippen LogP contribution in [0.2, 0.25) is 0 Å². The van der Waals surface area contributed by atoms with E-state index in [2.05, 4.69) is 10.3 Å². The lowest BCUT2D eigenvalue weighted by Gasteiger charge is -2.13. The molecule has 1 aromatic heterocycles. The van der Waals surface area contributed by atoms with Gasteiger partial charge in [-0.25, -0.2) is 4.98 Å². The molecule has 7 heteroatoms. The Balaban J connectivity index is 1.83. The highest BCUT2D eigenvalue weighted by Crippen LogP contribution is 2.32. The molecule has 0 aliphatic rings. The highest BCUT2D eigenvalue weighted by molar-refractivity contribution is 6.16. The first-order valence-electron chi connectivity index (χ1n) is 8.50. The molecule has 0 aliphatic heterocycles. The van der Waals surface area contributed by atoms with E-state index in [1.807, 2.05) is 48.5 Å². The van der Waals surface area contributed by atoms with E-state index in [1.54, 1.807) is 0 Å². The van der Waals surface area contributed by atoms with E-state index in [-0.39, 0.29) is 17.0 Å². The number of amides is 1. The van der Waals surface area contributed by atoms with Crippen molar-refractivity contribution in [1.82, 2.24) is 4.98 Å². The van der Waals surface area contributed by atoms with Crippen molar-refractivity contribution in [3.05, 3.63) is 82.4 Å². The van der Waals surface area contributed by atoms with E-state index in [0.717, 1.165) is 21.8 Å². The zero-order chi connectivity index (χ0) is 19.7. The van der Waals surface area contributed by atoms with E-state index in [4.69, 9.17) is 4.74 Å². The number of ether oxygens (including phenoxy) is 1. The maximum atomic E-state index is 13.0. The van der Waals surface area contributed by atoms with Gasteiger partial charge in [0.25, 0.3) is 11.6 Å². The normalized spacial score (nSPS) is 10.8. The highest BCUT2D eigenvalue weighted by atomic mass is 16.6. The summed E-state index contributed by atoms with van der Waals surface area (Å²) in [5.41, 5.74) is 2.21. The fourth-order valence-electron chi connectivity index (χ4n) is 3.14. The molecule has 0 aliphatic carbocycles. The topological polar surface area (TPSA) is 94.4 Å². The molecule has 7 nitrogen and oxygen atoms in total. The number of fused-ring (bicyclic) bond motifs is 2. The van der Waals surface area contributed by atoms with Crippen LogP contribution in [0, 0.1) is 10.1 Å². The summed E-state index contributed by atoms with van der Waals surface area (Å²) < 4.78 is 5.19. The van der Waals surface area contributed by atoms with Crippen molar-refractivity contribution >= 4 is 39.1 Å². The number of para-hydroxylation sites is 2. The molecule has 3 aromatic carbocycles. The molecule has 0 atom stereocenters. The van der Waals surface area contributed by atoms with Gasteiger partial charge in [0.15, 0.2) is 0 Å².